The summed E-state index contributed by atoms with van der Waals surface area (Å²) in [7, 11) is 2.21. The third-order valence-electron chi connectivity index (χ3n) is 2.11. The zero-order valence-corrected chi connectivity index (χ0v) is 11.0. The Kier molecular flexibility index (Phi) is 10.0. The molecule has 86 valence electrons. The van der Waals surface area contributed by atoms with E-state index in [0.29, 0.717) is 0 Å². The van der Waals surface area contributed by atoms with Crippen molar-refractivity contribution < 1.29 is 0 Å². The van der Waals surface area contributed by atoms with Gasteiger partial charge in [0.15, 0.2) is 0 Å². The van der Waals surface area contributed by atoms with E-state index in [-0.39, 0.29) is 0 Å². The largest absolute Gasteiger partial charge is 0.315 e. The lowest BCUT2D eigenvalue weighted by Gasteiger charge is -2.17. The zero-order valence-electron chi connectivity index (χ0n) is 10.2. The van der Waals surface area contributed by atoms with Gasteiger partial charge in [-0.1, -0.05) is 13.8 Å². The van der Waals surface area contributed by atoms with E-state index in [9.17, 15) is 0 Å². The van der Waals surface area contributed by atoms with E-state index in [1.807, 2.05) is 11.8 Å². The summed E-state index contributed by atoms with van der Waals surface area (Å²) in [6, 6.07) is 0. The first kappa shape index (κ1) is 14.3. The lowest BCUT2D eigenvalue weighted by molar-refractivity contribution is 0.330. The maximum Gasteiger partial charge on any atom is 0.0104 e. The van der Waals surface area contributed by atoms with Crippen LogP contribution >= 0.6 is 11.8 Å². The summed E-state index contributed by atoms with van der Waals surface area (Å²) >= 11 is 1.93. The molecule has 0 aliphatic carbocycles. The highest BCUT2D eigenvalue weighted by molar-refractivity contribution is 7.98. The number of likely N-dealkylation sites (N-methyl/N-ethyl adjacent to an activating group) is 1. The van der Waals surface area contributed by atoms with Crippen molar-refractivity contribution in [3.63, 3.8) is 0 Å². The van der Waals surface area contributed by atoms with Gasteiger partial charge in [-0.25, -0.2) is 0 Å². The number of nitrogens with one attached hydrogen (secondary N) is 1. The van der Waals surface area contributed by atoms with Gasteiger partial charge in [-0.3, -0.25) is 0 Å². The zero-order chi connectivity index (χ0) is 10.8. The highest BCUT2D eigenvalue weighted by Gasteiger charge is 1.97. The molecule has 0 amide bonds. The monoisotopic (exact) mass is 218 g/mol. The first-order valence-corrected chi connectivity index (χ1v) is 6.94. The fourth-order valence-corrected chi connectivity index (χ4v) is 1.67. The second kappa shape index (κ2) is 9.81. The highest BCUT2D eigenvalue weighted by Crippen LogP contribution is 1.96. The normalized spacial score (nSPS) is 11.6. The van der Waals surface area contributed by atoms with Crippen LogP contribution < -0.4 is 5.32 Å². The van der Waals surface area contributed by atoms with Crippen LogP contribution in [-0.2, 0) is 0 Å². The fourth-order valence-electron chi connectivity index (χ4n) is 1.25. The van der Waals surface area contributed by atoms with E-state index in [2.05, 4.69) is 37.4 Å². The van der Waals surface area contributed by atoms with Crippen LogP contribution in [-0.4, -0.2) is 50.1 Å². The van der Waals surface area contributed by atoms with Crippen LogP contribution in [0.25, 0.3) is 0 Å². The molecule has 1 N–H and O–H groups in total. The molecule has 0 unspecified atom stereocenters. The number of thioether (sulfide) groups is 1. The van der Waals surface area contributed by atoms with Gasteiger partial charge in [0.05, 0.1) is 0 Å². The van der Waals surface area contributed by atoms with Crippen molar-refractivity contribution in [3.05, 3.63) is 0 Å². The third-order valence-corrected chi connectivity index (χ3v) is 2.81. The molecular weight excluding hydrogens is 192 g/mol. The standard InChI is InChI=1S/C11H26N2S/c1-11(2)10-12-6-8-13(3)7-5-9-14-4/h11-12H,5-10H2,1-4H3. The Morgan fingerprint density at radius 2 is 2.00 bits per heavy atom. The lowest BCUT2D eigenvalue weighted by atomic mass is 10.2. The minimum atomic E-state index is 0.761. The van der Waals surface area contributed by atoms with Crippen molar-refractivity contribution in [1.82, 2.24) is 10.2 Å². The summed E-state index contributed by atoms with van der Waals surface area (Å²) in [5, 5.41) is 3.46. The van der Waals surface area contributed by atoms with E-state index in [1.54, 1.807) is 0 Å². The second-order valence-electron chi connectivity index (χ2n) is 4.25. The predicted octanol–water partition coefficient (Wildman–Crippen LogP) is 1.92. The molecule has 0 fully saturated rings. The van der Waals surface area contributed by atoms with E-state index < -0.39 is 0 Å². The topological polar surface area (TPSA) is 15.3 Å². The molecule has 0 spiro atoms. The summed E-state index contributed by atoms with van der Waals surface area (Å²) in [6.45, 7) is 9.14. The summed E-state index contributed by atoms with van der Waals surface area (Å²) < 4.78 is 0. The maximum absolute atomic E-state index is 3.46. The molecule has 0 radical (unpaired) electrons. The van der Waals surface area contributed by atoms with Gasteiger partial charge in [0.1, 0.15) is 0 Å². The van der Waals surface area contributed by atoms with Crippen molar-refractivity contribution in [2.45, 2.75) is 20.3 Å². The average molecular weight is 218 g/mol. The summed E-state index contributed by atoms with van der Waals surface area (Å²) in [5.74, 6) is 2.04. The van der Waals surface area contributed by atoms with E-state index in [4.69, 9.17) is 0 Å². The molecule has 0 saturated carbocycles. The molecule has 0 aliphatic rings. The van der Waals surface area contributed by atoms with Crippen LogP contribution in [0.2, 0.25) is 0 Å². The molecule has 2 nitrogen and oxygen atoms in total. The quantitative estimate of drug-likeness (QED) is 0.595. The first-order valence-electron chi connectivity index (χ1n) is 5.55. The molecule has 0 aliphatic heterocycles. The number of hydrogen-bond acceptors (Lipinski definition) is 3. The summed E-state index contributed by atoms with van der Waals surface area (Å²) in [5.41, 5.74) is 0. The van der Waals surface area contributed by atoms with Gasteiger partial charge < -0.3 is 10.2 Å². The molecule has 0 heterocycles. The Balaban J connectivity index is 3.14. The van der Waals surface area contributed by atoms with Gasteiger partial charge in [0, 0.05) is 13.1 Å². The van der Waals surface area contributed by atoms with Crippen molar-refractivity contribution in [2.24, 2.45) is 5.92 Å². The van der Waals surface area contributed by atoms with Gasteiger partial charge in [0.25, 0.3) is 0 Å². The van der Waals surface area contributed by atoms with E-state index in [0.717, 1.165) is 19.0 Å². The molecule has 0 rings (SSSR count). The highest BCUT2D eigenvalue weighted by atomic mass is 32.2. The van der Waals surface area contributed by atoms with Crippen molar-refractivity contribution in [1.29, 1.82) is 0 Å². The maximum atomic E-state index is 3.46. The van der Waals surface area contributed by atoms with Gasteiger partial charge in [-0.15, -0.1) is 0 Å². The molecular formula is C11H26N2S. The molecule has 0 atom stereocenters. The molecule has 3 heteroatoms. The molecule has 14 heavy (non-hydrogen) atoms. The van der Waals surface area contributed by atoms with Crippen LogP contribution in [0.5, 0.6) is 0 Å². The Labute approximate surface area is 93.8 Å². The predicted molar refractivity (Wildman–Crippen MR) is 68.2 cm³/mol. The van der Waals surface area contributed by atoms with E-state index in [1.165, 1.54) is 25.3 Å². The molecule has 0 saturated heterocycles. The Morgan fingerprint density at radius 3 is 2.57 bits per heavy atom. The van der Waals surface area contributed by atoms with Crippen molar-refractivity contribution in [3.8, 4) is 0 Å². The number of hydrogen-bond donors (Lipinski definition) is 1. The third kappa shape index (κ3) is 10.4. The van der Waals surface area contributed by atoms with Gasteiger partial charge in [-0.2, -0.15) is 11.8 Å². The molecule has 0 aromatic carbocycles. The summed E-state index contributed by atoms with van der Waals surface area (Å²) in [6.07, 6.45) is 3.48. The Hall–Kier alpha value is 0.270. The second-order valence-corrected chi connectivity index (χ2v) is 5.23. The number of rotatable bonds is 9. The lowest BCUT2D eigenvalue weighted by Crippen LogP contribution is -2.31. The summed E-state index contributed by atoms with van der Waals surface area (Å²) in [4.78, 5) is 2.41. The van der Waals surface area contributed by atoms with Gasteiger partial charge >= 0.3 is 0 Å². The van der Waals surface area contributed by atoms with Gasteiger partial charge in [0.2, 0.25) is 0 Å². The minimum Gasteiger partial charge on any atom is -0.315 e. The Morgan fingerprint density at radius 1 is 1.29 bits per heavy atom. The van der Waals surface area contributed by atoms with Crippen LogP contribution in [0.15, 0.2) is 0 Å². The SMILES string of the molecule is CSCCCN(C)CCNCC(C)C. The smallest absolute Gasteiger partial charge is 0.0104 e. The average Bonchev–Trinajstić information content (AvgIpc) is 2.13. The minimum absolute atomic E-state index is 0.761. The molecule has 0 aromatic heterocycles. The van der Waals surface area contributed by atoms with Crippen LogP contribution in [0.3, 0.4) is 0 Å². The van der Waals surface area contributed by atoms with Crippen LogP contribution in [0, 0.1) is 5.92 Å². The van der Waals surface area contributed by atoms with Gasteiger partial charge in [-0.05, 0) is 44.5 Å². The van der Waals surface area contributed by atoms with E-state index >= 15 is 0 Å². The first-order chi connectivity index (χ1) is 6.66. The molecule has 0 aromatic rings. The molecule has 0 bridgehead atoms. The van der Waals surface area contributed by atoms with Crippen molar-refractivity contribution in [2.75, 3.05) is 45.2 Å². The Bertz CT molecular complexity index is 118. The fraction of sp³-hybridized carbons (Fsp3) is 1.00. The van der Waals surface area contributed by atoms with Crippen molar-refractivity contribution >= 4 is 11.8 Å². The van der Waals surface area contributed by atoms with Crippen LogP contribution in [0.1, 0.15) is 20.3 Å². The number of nitrogens with zero attached hydrogens (tertiary/aromatic N) is 1. The van der Waals surface area contributed by atoms with Crippen LogP contribution in [0.4, 0.5) is 0 Å².